The summed E-state index contributed by atoms with van der Waals surface area (Å²) in [6, 6.07) is 6.60. The highest BCUT2D eigenvalue weighted by Gasteiger charge is 2.25. The normalized spacial score (nSPS) is 13.4. The molecule has 1 amide bonds. The SMILES string of the molecule is CCN(CC=CC(=O)N1CCc2c(sc3ncnc(Nc4ccc(F)c(Cl)c4)c23)C1)CCC#N. The number of halogens is 2. The number of rotatable bonds is 8. The average Bonchev–Trinajstić information content (AvgIpc) is 3.22. The standard InChI is InChI=1S/C24H24ClFN6OS/c1-2-31(11-4-9-27)10-3-5-21(33)32-12-8-17-20(14-32)34-24-22(17)23(28-15-29-24)30-16-6-7-19(26)18(25)13-16/h3,5-7,13,15H,2,4,8,10-12,14H2,1H3,(H,28,29,30). The van der Waals surface area contributed by atoms with Gasteiger partial charge in [0, 0.05) is 42.7 Å². The van der Waals surface area contributed by atoms with Gasteiger partial charge in [-0.2, -0.15) is 5.26 Å². The molecule has 1 N–H and O–H groups in total. The van der Waals surface area contributed by atoms with Gasteiger partial charge in [0.15, 0.2) is 0 Å². The highest BCUT2D eigenvalue weighted by atomic mass is 35.5. The van der Waals surface area contributed by atoms with Gasteiger partial charge in [-0.25, -0.2) is 14.4 Å². The zero-order valence-corrected chi connectivity index (χ0v) is 20.3. The van der Waals surface area contributed by atoms with Crippen molar-refractivity contribution in [3.63, 3.8) is 0 Å². The second-order valence-corrected chi connectivity index (χ2v) is 9.36. The number of thiophene rings is 1. The van der Waals surface area contributed by atoms with Gasteiger partial charge in [-0.05, 0) is 36.7 Å². The van der Waals surface area contributed by atoms with Crippen LogP contribution >= 0.6 is 22.9 Å². The monoisotopic (exact) mass is 498 g/mol. The number of carbonyl (C=O) groups excluding carboxylic acids is 1. The van der Waals surface area contributed by atoms with Crippen molar-refractivity contribution in [2.24, 2.45) is 0 Å². The molecule has 2 aromatic heterocycles. The number of carbonyl (C=O) groups is 1. The van der Waals surface area contributed by atoms with E-state index in [1.165, 1.54) is 18.5 Å². The fraction of sp³-hybridized carbons (Fsp3) is 0.333. The number of hydrogen-bond donors (Lipinski definition) is 1. The number of aromatic nitrogens is 2. The lowest BCUT2D eigenvalue weighted by atomic mass is 10.0. The Hall–Kier alpha value is -3.06. The van der Waals surface area contributed by atoms with Gasteiger partial charge < -0.3 is 10.2 Å². The second kappa shape index (κ2) is 10.9. The van der Waals surface area contributed by atoms with E-state index < -0.39 is 5.82 Å². The van der Waals surface area contributed by atoms with Crippen LogP contribution in [-0.2, 0) is 17.8 Å². The van der Waals surface area contributed by atoms with Crippen molar-refractivity contribution in [1.29, 1.82) is 5.26 Å². The summed E-state index contributed by atoms with van der Waals surface area (Å²) >= 11 is 7.48. The van der Waals surface area contributed by atoms with E-state index in [0.717, 1.165) is 27.2 Å². The van der Waals surface area contributed by atoms with Gasteiger partial charge in [-0.15, -0.1) is 11.3 Å². The molecule has 176 valence electrons. The number of amides is 1. The lowest BCUT2D eigenvalue weighted by Gasteiger charge is -2.26. The second-order valence-electron chi connectivity index (χ2n) is 7.87. The van der Waals surface area contributed by atoms with Crippen LogP contribution in [0.3, 0.4) is 0 Å². The first-order valence-corrected chi connectivity index (χ1v) is 12.2. The van der Waals surface area contributed by atoms with Gasteiger partial charge in [-0.1, -0.05) is 24.6 Å². The van der Waals surface area contributed by atoms with Crippen LogP contribution in [0.15, 0.2) is 36.7 Å². The molecule has 1 aliphatic rings. The van der Waals surface area contributed by atoms with Gasteiger partial charge in [0.2, 0.25) is 5.91 Å². The van der Waals surface area contributed by atoms with Crippen LogP contribution in [0, 0.1) is 17.1 Å². The number of fused-ring (bicyclic) bond motifs is 3. The quantitative estimate of drug-likeness (QED) is 0.444. The first-order chi connectivity index (χ1) is 16.5. The molecule has 1 aliphatic heterocycles. The number of nitriles is 1. The summed E-state index contributed by atoms with van der Waals surface area (Å²) < 4.78 is 13.5. The molecule has 0 radical (unpaired) electrons. The third-order valence-electron chi connectivity index (χ3n) is 5.74. The number of anilines is 2. The van der Waals surface area contributed by atoms with Gasteiger partial charge in [0.05, 0.1) is 23.0 Å². The van der Waals surface area contributed by atoms with E-state index >= 15 is 0 Å². The molecule has 3 heterocycles. The molecule has 0 atom stereocenters. The van der Waals surface area contributed by atoms with Crippen LogP contribution in [0.4, 0.5) is 15.9 Å². The third-order valence-corrected chi connectivity index (χ3v) is 7.16. The maximum atomic E-state index is 13.5. The Morgan fingerprint density at radius 3 is 3.06 bits per heavy atom. The molecule has 7 nitrogen and oxygen atoms in total. The summed E-state index contributed by atoms with van der Waals surface area (Å²) in [5.74, 6) is 0.142. The molecule has 0 aliphatic carbocycles. The first kappa shape index (κ1) is 24.1. The molecule has 3 aromatic rings. The van der Waals surface area contributed by atoms with Crippen LogP contribution < -0.4 is 5.32 Å². The van der Waals surface area contributed by atoms with Crippen molar-refractivity contribution >= 4 is 50.6 Å². The smallest absolute Gasteiger partial charge is 0.246 e. The number of nitrogens with one attached hydrogen (secondary N) is 1. The van der Waals surface area contributed by atoms with Crippen LogP contribution in [0.5, 0.6) is 0 Å². The molecule has 0 spiro atoms. The summed E-state index contributed by atoms with van der Waals surface area (Å²) in [5, 5.41) is 13.0. The molecule has 0 fully saturated rings. The van der Waals surface area contributed by atoms with E-state index in [4.69, 9.17) is 16.9 Å². The summed E-state index contributed by atoms with van der Waals surface area (Å²) in [4.78, 5) is 27.5. The Balaban J connectivity index is 1.48. The molecular weight excluding hydrogens is 475 g/mol. The Kier molecular flexibility index (Phi) is 7.73. The molecule has 0 saturated carbocycles. The van der Waals surface area contributed by atoms with Crippen molar-refractivity contribution in [2.45, 2.75) is 26.3 Å². The van der Waals surface area contributed by atoms with Gasteiger partial charge in [0.25, 0.3) is 0 Å². The van der Waals surface area contributed by atoms with Gasteiger partial charge >= 0.3 is 0 Å². The Bertz CT molecular complexity index is 1270. The Labute approximate surface area is 206 Å². The minimum absolute atomic E-state index is 0.0233. The number of hydrogen-bond acceptors (Lipinski definition) is 7. The Morgan fingerprint density at radius 2 is 2.29 bits per heavy atom. The molecular formula is C24H24ClFN6OS. The molecule has 1 aromatic carbocycles. The van der Waals surface area contributed by atoms with Crippen LogP contribution in [0.2, 0.25) is 5.02 Å². The summed E-state index contributed by atoms with van der Waals surface area (Å²) in [5.41, 5.74) is 1.78. The van der Waals surface area contributed by atoms with Gasteiger partial charge in [-0.3, -0.25) is 9.69 Å². The molecule has 34 heavy (non-hydrogen) atoms. The highest BCUT2D eigenvalue weighted by Crippen LogP contribution is 2.38. The van der Waals surface area contributed by atoms with E-state index in [0.29, 0.717) is 50.5 Å². The molecule has 4 rings (SSSR count). The first-order valence-electron chi connectivity index (χ1n) is 11.0. The maximum Gasteiger partial charge on any atom is 0.246 e. The minimum atomic E-state index is -0.476. The predicted molar refractivity (Wildman–Crippen MR) is 133 cm³/mol. The molecule has 0 saturated heterocycles. The van der Waals surface area contributed by atoms with E-state index in [9.17, 15) is 9.18 Å². The van der Waals surface area contributed by atoms with E-state index in [1.54, 1.807) is 23.5 Å². The van der Waals surface area contributed by atoms with Crippen molar-refractivity contribution < 1.29 is 9.18 Å². The number of likely N-dealkylation sites (N-methyl/N-ethyl adjacent to an activating group) is 1. The summed E-state index contributed by atoms with van der Waals surface area (Å²) in [6.07, 6.45) is 6.16. The third kappa shape index (κ3) is 5.36. The topological polar surface area (TPSA) is 85.2 Å². The molecule has 0 bridgehead atoms. The van der Waals surface area contributed by atoms with Crippen LogP contribution in [0.25, 0.3) is 10.2 Å². The lowest BCUT2D eigenvalue weighted by molar-refractivity contribution is -0.126. The average molecular weight is 499 g/mol. The highest BCUT2D eigenvalue weighted by molar-refractivity contribution is 7.19. The minimum Gasteiger partial charge on any atom is -0.340 e. The van der Waals surface area contributed by atoms with Crippen molar-refractivity contribution in [3.8, 4) is 6.07 Å². The zero-order valence-electron chi connectivity index (χ0n) is 18.7. The van der Waals surface area contributed by atoms with Crippen LogP contribution in [-0.4, -0.2) is 51.9 Å². The molecule has 10 heteroatoms. The van der Waals surface area contributed by atoms with E-state index in [1.807, 2.05) is 17.9 Å². The molecule has 0 unspecified atom stereocenters. The fourth-order valence-corrected chi connectivity index (χ4v) is 5.30. The predicted octanol–water partition coefficient (Wildman–Crippen LogP) is 4.90. The van der Waals surface area contributed by atoms with Crippen molar-refractivity contribution in [2.75, 3.05) is 31.5 Å². The van der Waals surface area contributed by atoms with Crippen molar-refractivity contribution in [1.82, 2.24) is 19.8 Å². The number of benzene rings is 1. The summed E-state index contributed by atoms with van der Waals surface area (Å²) in [6.45, 7) is 5.33. The van der Waals surface area contributed by atoms with Crippen molar-refractivity contribution in [3.05, 3.63) is 58.0 Å². The number of nitrogens with zero attached hydrogens (tertiary/aromatic N) is 5. The lowest BCUT2D eigenvalue weighted by Crippen LogP contribution is -2.34. The maximum absolute atomic E-state index is 13.5. The van der Waals surface area contributed by atoms with E-state index in [2.05, 4.69) is 26.3 Å². The fourth-order valence-electron chi connectivity index (χ4n) is 3.92. The zero-order chi connectivity index (χ0) is 24.1. The van der Waals surface area contributed by atoms with Gasteiger partial charge in [0.1, 0.15) is 22.8 Å². The largest absolute Gasteiger partial charge is 0.340 e. The van der Waals surface area contributed by atoms with Crippen LogP contribution in [0.1, 0.15) is 23.8 Å². The van der Waals surface area contributed by atoms with E-state index in [-0.39, 0.29) is 10.9 Å². The summed E-state index contributed by atoms with van der Waals surface area (Å²) in [7, 11) is 0. The Morgan fingerprint density at radius 1 is 1.44 bits per heavy atom.